The van der Waals surface area contributed by atoms with Gasteiger partial charge in [0.2, 0.25) is 5.91 Å². The van der Waals surface area contributed by atoms with E-state index in [1.807, 2.05) is 30.7 Å². The van der Waals surface area contributed by atoms with E-state index in [9.17, 15) is 9.59 Å². The molecule has 1 aliphatic heterocycles. The van der Waals surface area contributed by atoms with Crippen LogP contribution in [0.4, 0.5) is 11.4 Å². The lowest BCUT2D eigenvalue weighted by molar-refractivity contribution is -0.119. The minimum atomic E-state index is -0.493. The topological polar surface area (TPSA) is 94.5 Å². The summed E-state index contributed by atoms with van der Waals surface area (Å²) in [6.07, 6.45) is 10.5. The van der Waals surface area contributed by atoms with E-state index in [-0.39, 0.29) is 17.9 Å². The molecule has 0 spiro atoms. The van der Waals surface area contributed by atoms with Gasteiger partial charge in [-0.2, -0.15) is 0 Å². The number of carbonyl (C=O) groups is 2. The number of nitrogens with one attached hydrogen (secondary N) is 2. The number of rotatable bonds is 8. The molecule has 1 aliphatic carbocycles. The highest BCUT2D eigenvalue weighted by molar-refractivity contribution is 6.11. The molecule has 1 saturated carbocycles. The molecule has 33 heavy (non-hydrogen) atoms. The monoisotopic (exact) mass is 456 g/mol. The fourth-order valence-electron chi connectivity index (χ4n) is 4.82. The first-order chi connectivity index (χ1) is 16.0. The Balaban J connectivity index is 1.79. The maximum atomic E-state index is 12.9. The van der Waals surface area contributed by atoms with E-state index in [1.165, 1.54) is 26.4 Å². The molecule has 8 heteroatoms. The van der Waals surface area contributed by atoms with Crippen LogP contribution in [-0.4, -0.2) is 47.3 Å². The average molecular weight is 457 g/mol. The van der Waals surface area contributed by atoms with Crippen LogP contribution in [0, 0.1) is 5.92 Å². The zero-order chi connectivity index (χ0) is 23.4. The molecule has 2 fully saturated rings. The summed E-state index contributed by atoms with van der Waals surface area (Å²) in [7, 11) is 1.36. The molecule has 1 saturated heterocycles. The zero-order valence-electron chi connectivity index (χ0n) is 20.0. The molecule has 0 aromatic carbocycles. The number of nitrogens with zero attached hydrogens (tertiary/aromatic N) is 2. The third-order valence-corrected chi connectivity index (χ3v) is 6.97. The lowest BCUT2D eigenvalue weighted by Crippen LogP contribution is -2.23. The predicted molar refractivity (Wildman–Crippen MR) is 129 cm³/mol. The lowest BCUT2D eigenvalue weighted by atomic mass is 9.95. The Bertz CT molecular complexity index is 990. The fraction of sp³-hybridized carbons (Fsp3) is 0.640. The van der Waals surface area contributed by atoms with Gasteiger partial charge in [0.05, 0.1) is 37.3 Å². The molecule has 4 rings (SSSR count). The third-order valence-electron chi connectivity index (χ3n) is 6.97. The highest BCUT2D eigenvalue weighted by Gasteiger charge is 2.29. The molecule has 2 aromatic rings. The normalized spacial score (nSPS) is 20.0. The van der Waals surface area contributed by atoms with Crippen LogP contribution in [0.2, 0.25) is 0 Å². The average Bonchev–Trinajstić information content (AvgIpc) is 3.45. The number of hydrogen-bond donors (Lipinski definition) is 2. The largest absolute Gasteiger partial charge is 0.464 e. The summed E-state index contributed by atoms with van der Waals surface area (Å²) in [5.41, 5.74) is 2.35. The van der Waals surface area contributed by atoms with Crippen molar-refractivity contribution in [1.82, 2.24) is 9.55 Å². The van der Waals surface area contributed by atoms with Gasteiger partial charge >= 0.3 is 5.97 Å². The summed E-state index contributed by atoms with van der Waals surface area (Å²) in [5.74, 6) is -0.791. The quantitative estimate of drug-likeness (QED) is 0.558. The van der Waals surface area contributed by atoms with Gasteiger partial charge in [0, 0.05) is 24.0 Å². The SMILES string of the molecule is CC[C@H](C)C(=O)Nc1c(C(=O)OC)n(C[C@H]2CCCO2)c2ncc(NC3CCCCC3)cc12. The van der Waals surface area contributed by atoms with Crippen molar-refractivity contribution in [3.63, 3.8) is 0 Å². The van der Waals surface area contributed by atoms with E-state index < -0.39 is 5.97 Å². The minimum absolute atomic E-state index is 0.00367. The predicted octanol–water partition coefficient (Wildman–Crippen LogP) is 4.73. The molecule has 8 nitrogen and oxygen atoms in total. The summed E-state index contributed by atoms with van der Waals surface area (Å²) in [6.45, 7) is 5.06. The number of pyridine rings is 1. The van der Waals surface area contributed by atoms with E-state index in [2.05, 4.69) is 10.6 Å². The number of ether oxygens (including phenoxy) is 2. The van der Waals surface area contributed by atoms with Gasteiger partial charge in [-0.25, -0.2) is 9.78 Å². The van der Waals surface area contributed by atoms with Crippen LogP contribution in [-0.2, 0) is 20.8 Å². The van der Waals surface area contributed by atoms with Crippen molar-refractivity contribution in [3.8, 4) is 0 Å². The van der Waals surface area contributed by atoms with E-state index in [4.69, 9.17) is 14.5 Å². The molecule has 0 radical (unpaired) electrons. The van der Waals surface area contributed by atoms with Crippen LogP contribution in [0.25, 0.3) is 11.0 Å². The van der Waals surface area contributed by atoms with Crippen molar-refractivity contribution >= 4 is 34.3 Å². The standard InChI is InChI=1S/C25H36N4O4/c1-4-16(2)24(30)28-21-20-13-18(27-17-9-6-5-7-10-17)14-26-23(20)29(22(21)25(31)32-3)15-19-11-8-12-33-19/h13-14,16-17,19,27H,4-12,15H2,1-3H3,(H,28,30)/t16-,19+/m0/s1. The van der Waals surface area contributed by atoms with Gasteiger partial charge in [0.15, 0.2) is 5.69 Å². The number of carbonyl (C=O) groups excluding carboxylic acids is 2. The van der Waals surface area contributed by atoms with Crippen molar-refractivity contribution in [3.05, 3.63) is 18.0 Å². The van der Waals surface area contributed by atoms with Crippen LogP contribution in [0.3, 0.4) is 0 Å². The van der Waals surface area contributed by atoms with Crippen molar-refractivity contribution in [1.29, 1.82) is 0 Å². The first-order valence-corrected chi connectivity index (χ1v) is 12.3. The maximum Gasteiger partial charge on any atom is 0.356 e. The summed E-state index contributed by atoms with van der Waals surface area (Å²) in [5, 5.41) is 7.38. The number of esters is 1. The Hall–Kier alpha value is -2.61. The molecular weight excluding hydrogens is 420 g/mol. The van der Waals surface area contributed by atoms with Crippen LogP contribution in [0.5, 0.6) is 0 Å². The summed E-state index contributed by atoms with van der Waals surface area (Å²) in [4.78, 5) is 30.6. The molecule has 180 valence electrons. The first kappa shape index (κ1) is 23.5. The van der Waals surface area contributed by atoms with Gasteiger partial charge in [-0.05, 0) is 38.2 Å². The molecular formula is C25H36N4O4. The molecule has 0 bridgehead atoms. The van der Waals surface area contributed by atoms with Crippen LogP contribution in [0.15, 0.2) is 12.3 Å². The zero-order valence-corrected chi connectivity index (χ0v) is 20.0. The van der Waals surface area contributed by atoms with Gasteiger partial charge in [-0.15, -0.1) is 0 Å². The Labute approximate surface area is 195 Å². The van der Waals surface area contributed by atoms with Crippen LogP contribution < -0.4 is 10.6 Å². The Morgan fingerprint density at radius 1 is 1.24 bits per heavy atom. The number of amides is 1. The van der Waals surface area contributed by atoms with Gasteiger partial charge in [0.25, 0.3) is 0 Å². The lowest BCUT2D eigenvalue weighted by Gasteiger charge is -2.23. The van der Waals surface area contributed by atoms with Crippen molar-refractivity contribution in [2.75, 3.05) is 24.4 Å². The molecule has 0 unspecified atom stereocenters. The molecule has 2 N–H and O–H groups in total. The summed E-state index contributed by atoms with van der Waals surface area (Å²) < 4.78 is 12.8. The van der Waals surface area contributed by atoms with E-state index in [0.29, 0.717) is 36.0 Å². The van der Waals surface area contributed by atoms with Gasteiger partial charge < -0.3 is 24.7 Å². The Morgan fingerprint density at radius 3 is 2.70 bits per heavy atom. The van der Waals surface area contributed by atoms with Crippen molar-refractivity contribution in [2.24, 2.45) is 5.92 Å². The van der Waals surface area contributed by atoms with Gasteiger partial charge in [-0.3, -0.25) is 4.79 Å². The number of hydrogen-bond acceptors (Lipinski definition) is 6. The van der Waals surface area contributed by atoms with Crippen molar-refractivity contribution in [2.45, 2.75) is 83.9 Å². The Morgan fingerprint density at radius 2 is 2.03 bits per heavy atom. The highest BCUT2D eigenvalue weighted by Crippen LogP contribution is 2.35. The van der Waals surface area contributed by atoms with Crippen LogP contribution in [0.1, 0.15) is 75.7 Å². The van der Waals surface area contributed by atoms with E-state index in [0.717, 1.165) is 43.4 Å². The number of methoxy groups -OCH3 is 1. The highest BCUT2D eigenvalue weighted by atomic mass is 16.5. The summed E-state index contributed by atoms with van der Waals surface area (Å²) >= 11 is 0. The molecule has 1 amide bonds. The van der Waals surface area contributed by atoms with Crippen molar-refractivity contribution < 1.29 is 19.1 Å². The maximum absolute atomic E-state index is 12.9. The number of aromatic nitrogens is 2. The van der Waals surface area contributed by atoms with E-state index in [1.54, 1.807) is 0 Å². The van der Waals surface area contributed by atoms with Gasteiger partial charge in [0.1, 0.15) is 5.65 Å². The summed E-state index contributed by atoms with van der Waals surface area (Å²) in [6, 6.07) is 2.42. The van der Waals surface area contributed by atoms with Gasteiger partial charge in [-0.1, -0.05) is 33.1 Å². The third kappa shape index (κ3) is 5.16. The first-order valence-electron chi connectivity index (χ1n) is 12.3. The minimum Gasteiger partial charge on any atom is -0.464 e. The molecule has 2 aromatic heterocycles. The Kier molecular flexibility index (Phi) is 7.53. The van der Waals surface area contributed by atoms with E-state index >= 15 is 0 Å². The molecule has 3 heterocycles. The second kappa shape index (κ2) is 10.5. The molecule has 2 atom stereocenters. The molecule has 2 aliphatic rings. The van der Waals surface area contributed by atoms with Crippen LogP contribution >= 0.6 is 0 Å². The number of anilines is 2. The fourth-order valence-corrected chi connectivity index (χ4v) is 4.82. The second-order valence-electron chi connectivity index (χ2n) is 9.33. The second-order valence-corrected chi connectivity index (χ2v) is 9.33. The number of fused-ring (bicyclic) bond motifs is 1. The smallest absolute Gasteiger partial charge is 0.356 e.